The van der Waals surface area contributed by atoms with Crippen LogP contribution in [0.4, 0.5) is 13.2 Å². The van der Waals surface area contributed by atoms with Gasteiger partial charge in [0, 0.05) is 4.70 Å². The summed E-state index contributed by atoms with van der Waals surface area (Å²) in [5.74, 6) is -0.846. The van der Waals surface area contributed by atoms with Crippen molar-refractivity contribution in [1.29, 1.82) is 0 Å². The van der Waals surface area contributed by atoms with Crippen molar-refractivity contribution in [3.05, 3.63) is 33.4 Å². The van der Waals surface area contributed by atoms with Gasteiger partial charge in [0.05, 0.1) is 9.35 Å². The molecule has 14 heavy (non-hydrogen) atoms. The maximum absolute atomic E-state index is 13.1. The van der Waals surface area contributed by atoms with Crippen molar-refractivity contribution < 1.29 is 13.2 Å². The Hall–Kier alpha value is -0.550. The van der Waals surface area contributed by atoms with Crippen molar-refractivity contribution in [2.45, 2.75) is 6.43 Å². The molecule has 0 unspecified atom stereocenters. The van der Waals surface area contributed by atoms with Crippen molar-refractivity contribution in [2.24, 2.45) is 0 Å². The van der Waals surface area contributed by atoms with Crippen LogP contribution in [-0.4, -0.2) is 0 Å². The van der Waals surface area contributed by atoms with Crippen molar-refractivity contribution in [3.63, 3.8) is 0 Å². The quantitative estimate of drug-likeness (QED) is 0.708. The number of alkyl halides is 2. The van der Waals surface area contributed by atoms with E-state index in [0.717, 1.165) is 21.2 Å². The molecule has 0 bridgehead atoms. The Morgan fingerprint density at radius 1 is 1.29 bits per heavy atom. The van der Waals surface area contributed by atoms with E-state index in [9.17, 15) is 13.2 Å². The van der Waals surface area contributed by atoms with Gasteiger partial charge in [0.15, 0.2) is 0 Å². The summed E-state index contributed by atoms with van der Waals surface area (Å²) in [7, 11) is 0. The monoisotopic (exact) mass is 280 g/mol. The fourth-order valence-electron chi connectivity index (χ4n) is 1.27. The van der Waals surface area contributed by atoms with Crippen molar-refractivity contribution >= 4 is 37.4 Å². The summed E-state index contributed by atoms with van der Waals surface area (Å²) in [5, 5.41) is 0.638. The molecule has 0 radical (unpaired) electrons. The number of hydrogen-bond acceptors (Lipinski definition) is 1. The third-order valence-corrected chi connectivity index (χ3v) is 3.55. The zero-order chi connectivity index (χ0) is 10.3. The number of rotatable bonds is 1. The van der Waals surface area contributed by atoms with Crippen LogP contribution in [0.15, 0.2) is 22.0 Å². The highest BCUT2D eigenvalue weighted by Crippen LogP contribution is 2.37. The Labute approximate surface area is 90.5 Å². The lowest BCUT2D eigenvalue weighted by Crippen LogP contribution is -1.89. The maximum Gasteiger partial charge on any atom is 0.268 e. The second-order valence-electron chi connectivity index (χ2n) is 2.73. The molecular weight excluding hydrogens is 277 g/mol. The van der Waals surface area contributed by atoms with Crippen molar-refractivity contribution in [3.8, 4) is 0 Å². The summed E-state index contributed by atoms with van der Waals surface area (Å²) in [4.78, 5) is 0. The first-order valence-electron chi connectivity index (χ1n) is 3.75. The molecule has 0 spiro atoms. The van der Waals surface area contributed by atoms with Gasteiger partial charge in [0.1, 0.15) is 5.82 Å². The first-order valence-corrected chi connectivity index (χ1v) is 5.36. The van der Waals surface area contributed by atoms with E-state index in [-0.39, 0.29) is 0 Å². The fraction of sp³-hybridized carbons (Fsp3) is 0.111. The molecule has 0 aliphatic heterocycles. The zero-order valence-corrected chi connectivity index (χ0v) is 9.13. The maximum atomic E-state index is 13.1. The predicted molar refractivity (Wildman–Crippen MR) is 54.4 cm³/mol. The average Bonchev–Trinajstić information content (AvgIpc) is 2.43. The molecule has 1 aromatic carbocycles. The zero-order valence-electron chi connectivity index (χ0n) is 6.73. The molecule has 0 saturated carbocycles. The van der Waals surface area contributed by atoms with E-state index in [1.807, 2.05) is 0 Å². The standard InChI is InChI=1S/C9H4BrF3S/c10-6-3-4-1-2-5(11)7(9(12)13)8(4)14-6/h1-3,9H. The fourth-order valence-corrected chi connectivity index (χ4v) is 2.93. The first-order chi connectivity index (χ1) is 6.59. The van der Waals surface area contributed by atoms with Gasteiger partial charge in [-0.3, -0.25) is 0 Å². The molecule has 0 saturated heterocycles. The predicted octanol–water partition coefficient (Wildman–Crippen LogP) is 4.74. The van der Waals surface area contributed by atoms with Crippen LogP contribution in [0.5, 0.6) is 0 Å². The van der Waals surface area contributed by atoms with Crippen LogP contribution in [0, 0.1) is 5.82 Å². The molecule has 5 heteroatoms. The highest BCUT2D eigenvalue weighted by Gasteiger charge is 2.18. The van der Waals surface area contributed by atoms with E-state index >= 15 is 0 Å². The van der Waals surface area contributed by atoms with Gasteiger partial charge in [-0.15, -0.1) is 11.3 Å². The van der Waals surface area contributed by atoms with Gasteiger partial charge in [0.2, 0.25) is 0 Å². The Bertz CT molecular complexity index is 478. The molecule has 0 aliphatic rings. The molecule has 1 heterocycles. The van der Waals surface area contributed by atoms with Gasteiger partial charge < -0.3 is 0 Å². The summed E-state index contributed by atoms with van der Waals surface area (Å²) in [6, 6.07) is 4.27. The largest absolute Gasteiger partial charge is 0.268 e. The minimum absolute atomic E-state index is 0.312. The molecular formula is C9H4BrF3S. The summed E-state index contributed by atoms with van der Waals surface area (Å²) < 4.78 is 39.2. The highest BCUT2D eigenvalue weighted by molar-refractivity contribution is 9.11. The van der Waals surface area contributed by atoms with Crippen LogP contribution in [0.3, 0.4) is 0 Å². The van der Waals surface area contributed by atoms with Gasteiger partial charge in [0.25, 0.3) is 6.43 Å². The van der Waals surface area contributed by atoms with Gasteiger partial charge >= 0.3 is 0 Å². The van der Waals surface area contributed by atoms with E-state index in [1.165, 1.54) is 6.07 Å². The molecule has 0 amide bonds. The van der Waals surface area contributed by atoms with E-state index in [2.05, 4.69) is 15.9 Å². The van der Waals surface area contributed by atoms with Crippen LogP contribution in [0.25, 0.3) is 10.1 Å². The van der Waals surface area contributed by atoms with Crippen molar-refractivity contribution in [1.82, 2.24) is 0 Å². The second-order valence-corrected chi connectivity index (χ2v) is 5.16. The average molecular weight is 281 g/mol. The van der Waals surface area contributed by atoms with Gasteiger partial charge in [-0.1, -0.05) is 6.07 Å². The van der Waals surface area contributed by atoms with E-state index in [4.69, 9.17) is 0 Å². The SMILES string of the molecule is Fc1ccc2cc(Br)sc2c1C(F)F. The van der Waals surface area contributed by atoms with E-state index in [1.54, 1.807) is 6.07 Å². The third kappa shape index (κ3) is 1.54. The molecule has 0 nitrogen and oxygen atoms in total. The minimum atomic E-state index is -2.77. The molecule has 0 fully saturated rings. The molecule has 1 aromatic heterocycles. The Kier molecular flexibility index (Phi) is 2.53. The van der Waals surface area contributed by atoms with Crippen LogP contribution in [0.1, 0.15) is 12.0 Å². The van der Waals surface area contributed by atoms with Crippen LogP contribution in [-0.2, 0) is 0 Å². The number of thiophene rings is 1. The van der Waals surface area contributed by atoms with Crippen LogP contribution >= 0.6 is 27.3 Å². The molecule has 0 atom stereocenters. The van der Waals surface area contributed by atoms with E-state index in [0.29, 0.717) is 10.1 Å². The molecule has 0 N–H and O–H groups in total. The summed E-state index contributed by atoms with van der Waals surface area (Å²) in [6.07, 6.45) is -2.77. The normalized spacial score (nSPS) is 11.5. The van der Waals surface area contributed by atoms with Gasteiger partial charge in [-0.25, -0.2) is 13.2 Å². The van der Waals surface area contributed by atoms with Gasteiger partial charge in [-0.05, 0) is 33.4 Å². The smallest absolute Gasteiger partial charge is 0.206 e. The summed E-state index contributed by atoms with van der Waals surface area (Å²) in [5.41, 5.74) is -0.502. The number of halogens is 4. The lowest BCUT2D eigenvalue weighted by molar-refractivity contribution is 0.148. The topological polar surface area (TPSA) is 0 Å². The number of fused-ring (bicyclic) bond motifs is 1. The molecule has 0 aliphatic carbocycles. The van der Waals surface area contributed by atoms with Crippen LogP contribution in [0.2, 0.25) is 0 Å². The van der Waals surface area contributed by atoms with Crippen LogP contribution < -0.4 is 0 Å². The van der Waals surface area contributed by atoms with Crippen molar-refractivity contribution in [2.75, 3.05) is 0 Å². The Morgan fingerprint density at radius 2 is 2.00 bits per heavy atom. The minimum Gasteiger partial charge on any atom is -0.206 e. The summed E-state index contributed by atoms with van der Waals surface area (Å²) in [6.45, 7) is 0. The second kappa shape index (κ2) is 3.55. The highest BCUT2D eigenvalue weighted by atomic mass is 79.9. The lowest BCUT2D eigenvalue weighted by Gasteiger charge is -2.02. The Balaban J connectivity index is 2.82. The number of benzene rings is 1. The molecule has 74 valence electrons. The molecule has 2 aromatic rings. The Morgan fingerprint density at radius 3 is 2.64 bits per heavy atom. The van der Waals surface area contributed by atoms with E-state index < -0.39 is 17.8 Å². The van der Waals surface area contributed by atoms with Gasteiger partial charge in [-0.2, -0.15) is 0 Å². The first kappa shape index (κ1) is 9.98. The number of hydrogen-bond donors (Lipinski definition) is 0. The third-order valence-electron chi connectivity index (χ3n) is 1.86. The lowest BCUT2D eigenvalue weighted by atomic mass is 10.1. The summed E-state index contributed by atoms with van der Waals surface area (Å²) >= 11 is 4.30. The molecule has 2 rings (SSSR count).